The van der Waals surface area contributed by atoms with E-state index in [1.165, 1.54) is 28.2 Å². The molecule has 2 aromatic carbocycles. The molecular formula is C22H25N5OS. The molecule has 1 aliphatic heterocycles. The third-order valence-corrected chi connectivity index (χ3v) is 5.90. The molecule has 1 aromatic heterocycles. The summed E-state index contributed by atoms with van der Waals surface area (Å²) in [7, 11) is 0. The number of aromatic nitrogens is 2. The highest BCUT2D eigenvalue weighted by molar-refractivity contribution is 7.09. The normalized spacial score (nSPS) is 14.1. The standard InChI is InChI=1S/C22H25N5OS/c1-16-3-7-18(8-4-16)15-20-24-22(29-25-20)27-13-11-26(12-14-27)21(28)23-19-9-5-17(2)6-10-19/h3-10H,11-15H2,1-2H3,(H,23,28). The fourth-order valence-corrected chi connectivity index (χ4v) is 4.01. The Labute approximate surface area is 175 Å². The summed E-state index contributed by atoms with van der Waals surface area (Å²) in [6.45, 7) is 6.99. The number of piperazine rings is 1. The van der Waals surface area contributed by atoms with E-state index in [0.29, 0.717) is 13.1 Å². The van der Waals surface area contributed by atoms with E-state index < -0.39 is 0 Å². The van der Waals surface area contributed by atoms with Gasteiger partial charge in [-0.15, -0.1) is 0 Å². The van der Waals surface area contributed by atoms with Crippen LogP contribution in [0.5, 0.6) is 0 Å². The molecule has 1 saturated heterocycles. The lowest BCUT2D eigenvalue weighted by Crippen LogP contribution is -2.50. The van der Waals surface area contributed by atoms with Crippen molar-refractivity contribution in [3.05, 3.63) is 71.0 Å². The fraction of sp³-hybridized carbons (Fsp3) is 0.318. The molecule has 1 aliphatic rings. The molecule has 0 spiro atoms. The van der Waals surface area contributed by atoms with E-state index in [4.69, 9.17) is 4.98 Å². The van der Waals surface area contributed by atoms with Crippen molar-refractivity contribution >= 4 is 28.4 Å². The lowest BCUT2D eigenvalue weighted by Gasteiger charge is -2.34. The molecule has 0 aliphatic carbocycles. The van der Waals surface area contributed by atoms with Gasteiger partial charge in [0, 0.05) is 49.8 Å². The van der Waals surface area contributed by atoms with Crippen LogP contribution in [0.2, 0.25) is 0 Å². The van der Waals surface area contributed by atoms with Crippen LogP contribution in [0.4, 0.5) is 15.6 Å². The number of hydrogen-bond donors (Lipinski definition) is 1. The van der Waals surface area contributed by atoms with Crippen LogP contribution in [-0.4, -0.2) is 46.5 Å². The van der Waals surface area contributed by atoms with Crippen LogP contribution >= 0.6 is 11.5 Å². The summed E-state index contributed by atoms with van der Waals surface area (Å²) >= 11 is 1.44. The zero-order valence-electron chi connectivity index (χ0n) is 16.8. The third kappa shape index (κ3) is 4.92. The molecule has 2 heterocycles. The van der Waals surface area contributed by atoms with Crippen LogP contribution in [-0.2, 0) is 6.42 Å². The first-order chi connectivity index (χ1) is 14.1. The van der Waals surface area contributed by atoms with E-state index in [1.54, 1.807) is 0 Å². The Bertz CT molecular complexity index is 960. The van der Waals surface area contributed by atoms with Gasteiger partial charge in [-0.05, 0) is 31.5 Å². The molecule has 3 aromatic rings. The Morgan fingerprint density at radius 3 is 2.24 bits per heavy atom. The predicted molar refractivity (Wildman–Crippen MR) is 118 cm³/mol. The molecule has 7 heteroatoms. The fourth-order valence-electron chi connectivity index (χ4n) is 3.27. The Balaban J connectivity index is 1.30. The summed E-state index contributed by atoms with van der Waals surface area (Å²) < 4.78 is 4.52. The molecular weight excluding hydrogens is 382 g/mol. The van der Waals surface area contributed by atoms with Gasteiger partial charge in [0.2, 0.25) is 5.13 Å². The van der Waals surface area contributed by atoms with Crippen LogP contribution in [0.15, 0.2) is 48.5 Å². The van der Waals surface area contributed by atoms with Gasteiger partial charge in [-0.1, -0.05) is 47.5 Å². The van der Waals surface area contributed by atoms with Gasteiger partial charge in [-0.3, -0.25) is 0 Å². The Morgan fingerprint density at radius 2 is 1.59 bits per heavy atom. The molecule has 0 atom stereocenters. The van der Waals surface area contributed by atoms with Crippen molar-refractivity contribution in [3.8, 4) is 0 Å². The minimum atomic E-state index is -0.0502. The molecule has 0 saturated carbocycles. The summed E-state index contributed by atoms with van der Waals surface area (Å²) in [6, 6.07) is 16.3. The van der Waals surface area contributed by atoms with Crippen molar-refractivity contribution in [1.82, 2.24) is 14.3 Å². The monoisotopic (exact) mass is 407 g/mol. The van der Waals surface area contributed by atoms with Crippen LogP contribution in [0, 0.1) is 13.8 Å². The Kier molecular flexibility index (Phi) is 5.76. The lowest BCUT2D eigenvalue weighted by molar-refractivity contribution is 0.208. The second-order valence-corrected chi connectivity index (χ2v) is 8.16. The van der Waals surface area contributed by atoms with Crippen LogP contribution in [0.1, 0.15) is 22.5 Å². The summed E-state index contributed by atoms with van der Waals surface area (Å²) in [5.74, 6) is 0.855. The molecule has 0 unspecified atom stereocenters. The van der Waals surface area contributed by atoms with Gasteiger partial charge >= 0.3 is 6.03 Å². The SMILES string of the molecule is Cc1ccc(Cc2nsc(N3CCN(C(=O)Nc4ccc(C)cc4)CC3)n2)cc1. The predicted octanol–water partition coefficient (Wildman–Crippen LogP) is 4.10. The minimum Gasteiger partial charge on any atom is -0.343 e. The number of aryl methyl sites for hydroxylation is 2. The molecule has 6 nitrogen and oxygen atoms in total. The molecule has 29 heavy (non-hydrogen) atoms. The Morgan fingerprint density at radius 1 is 0.966 bits per heavy atom. The van der Waals surface area contributed by atoms with Gasteiger partial charge in [0.25, 0.3) is 0 Å². The highest BCUT2D eigenvalue weighted by Crippen LogP contribution is 2.21. The van der Waals surface area contributed by atoms with Crippen molar-refractivity contribution in [2.24, 2.45) is 0 Å². The summed E-state index contributed by atoms with van der Waals surface area (Å²) in [4.78, 5) is 21.3. The van der Waals surface area contributed by atoms with Crippen molar-refractivity contribution in [2.45, 2.75) is 20.3 Å². The first kappa shape index (κ1) is 19.4. The first-order valence-corrected chi connectivity index (χ1v) is 10.6. The van der Waals surface area contributed by atoms with E-state index >= 15 is 0 Å². The lowest BCUT2D eigenvalue weighted by atomic mass is 10.1. The molecule has 150 valence electrons. The van der Waals surface area contributed by atoms with E-state index in [1.807, 2.05) is 36.1 Å². The number of nitrogens with one attached hydrogen (secondary N) is 1. The molecule has 1 N–H and O–H groups in total. The van der Waals surface area contributed by atoms with Crippen molar-refractivity contribution in [1.29, 1.82) is 0 Å². The highest BCUT2D eigenvalue weighted by Gasteiger charge is 2.23. The van der Waals surface area contributed by atoms with Gasteiger partial charge in [0.15, 0.2) is 0 Å². The number of carbonyl (C=O) groups excluding carboxylic acids is 1. The summed E-state index contributed by atoms with van der Waals surface area (Å²) in [6.07, 6.45) is 0.746. The van der Waals surface area contributed by atoms with Gasteiger partial charge in [-0.25, -0.2) is 9.78 Å². The van der Waals surface area contributed by atoms with E-state index in [-0.39, 0.29) is 6.03 Å². The van der Waals surface area contributed by atoms with Crippen LogP contribution in [0.25, 0.3) is 0 Å². The number of carbonyl (C=O) groups is 1. The zero-order valence-corrected chi connectivity index (χ0v) is 17.6. The topological polar surface area (TPSA) is 61.4 Å². The third-order valence-electron chi connectivity index (χ3n) is 5.08. The number of urea groups is 1. The van der Waals surface area contributed by atoms with Crippen molar-refractivity contribution in [2.75, 3.05) is 36.4 Å². The van der Waals surface area contributed by atoms with Gasteiger partial charge < -0.3 is 15.1 Å². The van der Waals surface area contributed by atoms with E-state index in [9.17, 15) is 4.79 Å². The first-order valence-electron chi connectivity index (χ1n) is 9.82. The maximum Gasteiger partial charge on any atom is 0.321 e. The maximum atomic E-state index is 12.5. The molecule has 2 amide bonds. The molecule has 4 rings (SSSR count). The average molecular weight is 408 g/mol. The smallest absolute Gasteiger partial charge is 0.321 e. The summed E-state index contributed by atoms with van der Waals surface area (Å²) in [5.41, 5.74) is 4.48. The quantitative estimate of drug-likeness (QED) is 0.707. The van der Waals surface area contributed by atoms with Gasteiger partial charge in [0.05, 0.1) is 0 Å². The number of benzene rings is 2. The van der Waals surface area contributed by atoms with Gasteiger partial charge in [0.1, 0.15) is 5.82 Å². The number of nitrogens with zero attached hydrogens (tertiary/aromatic N) is 4. The highest BCUT2D eigenvalue weighted by atomic mass is 32.1. The number of hydrogen-bond acceptors (Lipinski definition) is 5. The zero-order chi connectivity index (χ0) is 20.2. The van der Waals surface area contributed by atoms with E-state index in [2.05, 4.69) is 45.8 Å². The summed E-state index contributed by atoms with van der Waals surface area (Å²) in [5, 5.41) is 3.91. The minimum absolute atomic E-state index is 0.0502. The van der Waals surface area contributed by atoms with Gasteiger partial charge in [-0.2, -0.15) is 4.37 Å². The largest absolute Gasteiger partial charge is 0.343 e. The maximum absolute atomic E-state index is 12.5. The number of amides is 2. The Hall–Kier alpha value is -2.93. The second-order valence-electron chi connectivity index (χ2n) is 7.43. The van der Waals surface area contributed by atoms with Crippen molar-refractivity contribution < 1.29 is 4.79 Å². The van der Waals surface area contributed by atoms with Crippen molar-refractivity contribution in [3.63, 3.8) is 0 Å². The number of anilines is 2. The average Bonchev–Trinajstić information content (AvgIpc) is 3.20. The molecule has 0 radical (unpaired) electrons. The second kappa shape index (κ2) is 8.61. The van der Waals surface area contributed by atoms with Crippen LogP contribution < -0.4 is 10.2 Å². The van der Waals surface area contributed by atoms with Crippen LogP contribution in [0.3, 0.4) is 0 Å². The molecule has 1 fully saturated rings. The van der Waals surface area contributed by atoms with E-state index in [0.717, 1.165) is 36.2 Å². The molecule has 0 bridgehead atoms. The number of rotatable bonds is 4.